The van der Waals surface area contributed by atoms with E-state index in [9.17, 15) is 28.8 Å². The zero-order valence-corrected chi connectivity index (χ0v) is 57.6. The van der Waals surface area contributed by atoms with Crippen LogP contribution >= 0.6 is 0 Å². The second-order valence-electron chi connectivity index (χ2n) is 28.4. The Hall–Kier alpha value is -10.3. The van der Waals surface area contributed by atoms with Crippen LogP contribution in [0.5, 0.6) is 0 Å². The molecule has 12 rings (SSSR count). The van der Waals surface area contributed by atoms with Crippen molar-refractivity contribution >= 4 is 66.6 Å². The third kappa shape index (κ3) is 15.2. The van der Waals surface area contributed by atoms with Crippen LogP contribution in [0.25, 0.3) is 60.7 Å². The Balaban J connectivity index is 0.000000158. The topological polar surface area (TPSA) is 327 Å². The van der Waals surface area contributed by atoms with E-state index >= 15 is 0 Å². The summed E-state index contributed by atoms with van der Waals surface area (Å²) in [6.07, 6.45) is 19.3. The Morgan fingerprint density at radius 1 is 0.387 bits per heavy atom. The molecule has 2 N–H and O–H groups in total. The number of aryl methyl sites for hydroxylation is 5. The van der Waals surface area contributed by atoms with Gasteiger partial charge in [0.25, 0.3) is 33.4 Å². The smallest absolute Gasteiger partial charge is 0.280 e. The van der Waals surface area contributed by atoms with Crippen molar-refractivity contribution in [3.05, 3.63) is 172 Å². The highest BCUT2D eigenvalue weighted by Gasteiger charge is 2.24. The Kier molecular flexibility index (Phi) is 19.7. The number of rotatable bonds is 0. The molecule has 12 aromatic heterocycles. The molecule has 0 saturated heterocycles. The maximum absolute atomic E-state index is 12.3. The molecule has 0 aromatic carbocycles. The van der Waals surface area contributed by atoms with E-state index in [1.165, 1.54) is 22.0 Å². The minimum absolute atomic E-state index is 0.00241. The lowest BCUT2D eigenvalue weighted by atomic mass is 10.1. The molecule has 0 unspecified atom stereocenters. The van der Waals surface area contributed by atoms with Crippen molar-refractivity contribution in [1.82, 2.24) is 101 Å². The third-order valence-corrected chi connectivity index (χ3v) is 14.6. The Morgan fingerprint density at radius 2 is 0.882 bits per heavy atom. The molecule has 0 fully saturated rings. The molecule has 12 aromatic rings. The highest BCUT2D eigenvalue weighted by molar-refractivity contribution is 5.80. The summed E-state index contributed by atoms with van der Waals surface area (Å²) in [7, 11) is 3.51. The molecule has 28 nitrogen and oxygen atoms in total. The molecule has 93 heavy (non-hydrogen) atoms. The largest absolute Gasteiger partial charge is 0.369 e. The van der Waals surface area contributed by atoms with Crippen molar-refractivity contribution in [2.45, 2.75) is 179 Å². The molecule has 12 heterocycles. The van der Waals surface area contributed by atoms with Crippen LogP contribution in [0, 0.1) is 20.8 Å². The zero-order chi connectivity index (χ0) is 69.4. The van der Waals surface area contributed by atoms with Gasteiger partial charge in [-0.1, -0.05) is 0 Å². The van der Waals surface area contributed by atoms with Gasteiger partial charge in [-0.2, -0.15) is 15.2 Å². The quantitative estimate of drug-likeness (QED) is 0.153. The SMILES string of the molecule is CC(C)(C)n1ncc2ncccc2c1=O.Cc1ccnc2ncn(C(C)(C)C)c(=O)c12.Cc1cncc2ncn(C(C)(C)C)c(=O)c12.Cc1cnn2ncn(C(C)(C)C)c(=O)c12.Cn1c(N)nc2ncn(C(C)(C)C)c(=O)c21.Cn1cnc2ncn(C(C)(C)C)c(=O)c21. The molecule has 0 bridgehead atoms. The number of imidazole rings is 2. The summed E-state index contributed by atoms with van der Waals surface area (Å²) < 4.78 is 14.2. The fourth-order valence-electron chi connectivity index (χ4n) is 9.43. The minimum atomic E-state index is -0.308. The molecule has 0 aliphatic rings. The molecule has 0 spiro atoms. The zero-order valence-electron chi connectivity index (χ0n) is 57.6. The number of nitrogens with two attached hydrogens (primary N) is 1. The van der Waals surface area contributed by atoms with Crippen LogP contribution in [0.4, 0.5) is 5.95 Å². The highest BCUT2D eigenvalue weighted by Crippen LogP contribution is 2.19. The average molecular weight is 1270 g/mol. The molecule has 28 heteroatoms. The first-order chi connectivity index (χ1) is 43.0. The van der Waals surface area contributed by atoms with Gasteiger partial charge in [0.1, 0.15) is 25.3 Å². The van der Waals surface area contributed by atoms with Crippen LogP contribution in [0.3, 0.4) is 0 Å². The van der Waals surface area contributed by atoms with Gasteiger partial charge in [0.05, 0.1) is 64.0 Å². The summed E-state index contributed by atoms with van der Waals surface area (Å²) >= 11 is 0. The standard InChI is InChI=1S/2C12H15N3O.C11H13N3O.C10H15N5O.2C10H14N4O/c1-8-5-13-6-9-10(8)11(16)15(7-14-9)12(2,3)4;1-8-5-6-13-10-9(8)11(16)15(7-14-10)12(2,3)4;1-11(2,3)14-10(15)8-5-4-6-12-9(8)7-13-14;1-10(2,3)15-5-12-7-6(8(15)16)14(4)9(11)13-7;1-10(2,3)14-6-12-8-7(9(14)15)13(4)5-11-8;1-7-5-11-14-8(7)9(15)13(6-12-14)10(2,3)4/h2*5-7H,1-4H3;4-7H,1-3H3;5H,1-4H3,(H2,11,13);2*5-6H,1-4H3. The summed E-state index contributed by atoms with van der Waals surface area (Å²) in [5.41, 5.74) is 10.5. The molecule has 0 saturated carbocycles. The Bertz CT molecular complexity index is 4900. The number of hydrogen-bond donors (Lipinski definition) is 1. The molecule has 0 atom stereocenters. The van der Waals surface area contributed by atoms with E-state index in [1.807, 2.05) is 151 Å². The lowest BCUT2D eigenvalue weighted by Gasteiger charge is -2.22. The van der Waals surface area contributed by atoms with Gasteiger partial charge in [-0.15, -0.1) is 9.73 Å². The van der Waals surface area contributed by atoms with E-state index in [1.54, 1.807) is 121 Å². The van der Waals surface area contributed by atoms with Gasteiger partial charge >= 0.3 is 0 Å². The van der Waals surface area contributed by atoms with Crippen LogP contribution in [-0.4, -0.2) is 101 Å². The molecular weight excluding hydrogens is 1180 g/mol. The van der Waals surface area contributed by atoms with Crippen molar-refractivity contribution in [2.24, 2.45) is 14.1 Å². The third-order valence-electron chi connectivity index (χ3n) is 14.6. The maximum Gasteiger partial charge on any atom is 0.280 e. The normalized spacial score (nSPS) is 12.1. The first-order valence-electron chi connectivity index (χ1n) is 30.0. The molecule has 0 radical (unpaired) electrons. The Morgan fingerprint density at radius 3 is 1.45 bits per heavy atom. The first kappa shape index (κ1) is 70.2. The second-order valence-corrected chi connectivity index (χ2v) is 28.4. The fraction of sp³-hybridized carbons (Fsp3) is 0.446. The van der Waals surface area contributed by atoms with Crippen LogP contribution in [0.1, 0.15) is 141 Å². The number of anilines is 1. The average Bonchev–Trinajstić information content (AvgIpc) is 1.05. The highest BCUT2D eigenvalue weighted by atomic mass is 16.2. The predicted octanol–water partition coefficient (Wildman–Crippen LogP) is 7.56. The first-order valence-corrected chi connectivity index (χ1v) is 30.0. The van der Waals surface area contributed by atoms with E-state index in [-0.39, 0.29) is 66.6 Å². The Labute approximate surface area is 536 Å². The summed E-state index contributed by atoms with van der Waals surface area (Å²) in [6.45, 7) is 41.0. The second kappa shape index (κ2) is 26.1. The van der Waals surface area contributed by atoms with E-state index in [2.05, 4.69) is 60.2 Å². The number of pyridine rings is 3. The molecule has 0 amide bonds. The van der Waals surface area contributed by atoms with Gasteiger partial charge in [0.15, 0.2) is 33.5 Å². The molecule has 0 aliphatic heterocycles. The van der Waals surface area contributed by atoms with Gasteiger partial charge in [0.2, 0.25) is 5.95 Å². The molecule has 492 valence electrons. The lowest BCUT2D eigenvalue weighted by molar-refractivity contribution is 0.340. The van der Waals surface area contributed by atoms with Gasteiger partial charge in [0, 0.05) is 65.9 Å². The van der Waals surface area contributed by atoms with Gasteiger partial charge < -0.3 is 14.9 Å². The van der Waals surface area contributed by atoms with Crippen molar-refractivity contribution < 1.29 is 0 Å². The predicted molar refractivity (Wildman–Crippen MR) is 363 cm³/mol. The molecule has 0 aliphatic carbocycles. The van der Waals surface area contributed by atoms with Gasteiger partial charge in [-0.05, 0) is 175 Å². The summed E-state index contributed by atoms with van der Waals surface area (Å²) in [4.78, 5) is 110. The number of nitrogen functional groups attached to an aromatic ring is 1. The maximum atomic E-state index is 12.3. The van der Waals surface area contributed by atoms with E-state index in [0.717, 1.165) is 16.7 Å². The number of aromatic nitrogens is 21. The van der Waals surface area contributed by atoms with E-state index in [4.69, 9.17) is 5.73 Å². The van der Waals surface area contributed by atoms with Gasteiger partial charge in [-0.3, -0.25) is 61.6 Å². The van der Waals surface area contributed by atoms with Gasteiger partial charge in [-0.25, -0.2) is 34.6 Å². The fourth-order valence-corrected chi connectivity index (χ4v) is 9.43. The molecular formula is C65H86N22O6. The number of nitrogens with zero attached hydrogens (tertiary/aromatic N) is 21. The monoisotopic (exact) mass is 1270 g/mol. The summed E-state index contributed by atoms with van der Waals surface area (Å²) in [6, 6.07) is 5.36. The summed E-state index contributed by atoms with van der Waals surface area (Å²) in [5, 5.41) is 14.1. The van der Waals surface area contributed by atoms with Crippen LogP contribution < -0.4 is 39.1 Å². The van der Waals surface area contributed by atoms with Crippen LogP contribution in [0.2, 0.25) is 0 Å². The van der Waals surface area contributed by atoms with Crippen LogP contribution in [0.15, 0.2) is 122 Å². The van der Waals surface area contributed by atoms with Crippen LogP contribution in [-0.2, 0) is 47.3 Å². The summed E-state index contributed by atoms with van der Waals surface area (Å²) in [5.74, 6) is 0.297. The van der Waals surface area contributed by atoms with E-state index < -0.39 is 0 Å². The number of fused-ring (bicyclic) bond motifs is 6. The number of hydrogen-bond acceptors (Lipinski definition) is 19. The minimum Gasteiger partial charge on any atom is -0.369 e. The van der Waals surface area contributed by atoms with Crippen molar-refractivity contribution in [3.8, 4) is 0 Å². The van der Waals surface area contributed by atoms with E-state index in [0.29, 0.717) is 66.6 Å². The van der Waals surface area contributed by atoms with Crippen molar-refractivity contribution in [2.75, 3.05) is 5.73 Å². The van der Waals surface area contributed by atoms with Crippen molar-refractivity contribution in [1.29, 1.82) is 0 Å². The van der Waals surface area contributed by atoms with Crippen molar-refractivity contribution in [3.63, 3.8) is 0 Å². The lowest BCUT2D eigenvalue weighted by Crippen LogP contribution is -2.35.